The van der Waals surface area contributed by atoms with Gasteiger partial charge in [0.2, 0.25) is 11.7 Å². The summed E-state index contributed by atoms with van der Waals surface area (Å²) in [5.74, 6) is -2.37. The molecule has 0 fully saturated rings. The van der Waals surface area contributed by atoms with Gasteiger partial charge in [0.15, 0.2) is 11.6 Å². The molecule has 3 nitrogen and oxygen atoms in total. The van der Waals surface area contributed by atoms with E-state index in [9.17, 15) is 8.78 Å². The summed E-state index contributed by atoms with van der Waals surface area (Å²) in [5.41, 5.74) is 7.45. The van der Waals surface area contributed by atoms with Gasteiger partial charge in [-0.05, 0) is 37.6 Å². The van der Waals surface area contributed by atoms with Gasteiger partial charge in [0.1, 0.15) is 4.99 Å². The molecule has 110 valence electrons. The van der Waals surface area contributed by atoms with E-state index in [-0.39, 0.29) is 16.6 Å². The van der Waals surface area contributed by atoms with Gasteiger partial charge < -0.3 is 10.5 Å². The van der Waals surface area contributed by atoms with Gasteiger partial charge in [-0.25, -0.2) is 9.37 Å². The molecule has 0 aliphatic heterocycles. The Hall–Kier alpha value is -1.60. The molecule has 0 aliphatic carbocycles. The number of aromatic nitrogens is 1. The minimum absolute atomic E-state index is 0.0522. The fourth-order valence-electron chi connectivity index (χ4n) is 1.89. The lowest BCUT2D eigenvalue weighted by Gasteiger charge is -2.13. The maximum atomic E-state index is 13.8. The number of nitrogens with two attached hydrogens (primary N) is 1. The molecule has 21 heavy (non-hydrogen) atoms. The Morgan fingerprint density at radius 2 is 1.95 bits per heavy atom. The second kappa shape index (κ2) is 6.03. The Labute approximate surface area is 134 Å². The van der Waals surface area contributed by atoms with Crippen LogP contribution in [-0.4, -0.2) is 9.97 Å². The van der Waals surface area contributed by atoms with Gasteiger partial charge in [-0.2, -0.15) is 4.39 Å². The van der Waals surface area contributed by atoms with Crippen LogP contribution in [0.25, 0.3) is 0 Å². The minimum Gasteiger partial charge on any atom is -0.435 e. The van der Waals surface area contributed by atoms with E-state index in [1.54, 1.807) is 19.9 Å². The lowest BCUT2D eigenvalue weighted by molar-refractivity contribution is 0.403. The van der Waals surface area contributed by atoms with Gasteiger partial charge in [0, 0.05) is 10.2 Å². The van der Waals surface area contributed by atoms with Crippen LogP contribution in [0.2, 0.25) is 0 Å². The van der Waals surface area contributed by atoms with Crippen molar-refractivity contribution < 1.29 is 13.5 Å². The van der Waals surface area contributed by atoms with E-state index in [4.69, 9.17) is 22.7 Å². The zero-order valence-corrected chi connectivity index (χ0v) is 13.6. The Balaban J connectivity index is 2.57. The van der Waals surface area contributed by atoms with Gasteiger partial charge >= 0.3 is 0 Å². The molecule has 1 aromatic heterocycles. The Morgan fingerprint density at radius 3 is 2.57 bits per heavy atom. The van der Waals surface area contributed by atoms with Crippen LogP contribution < -0.4 is 10.5 Å². The minimum atomic E-state index is -1.10. The molecule has 0 atom stereocenters. The van der Waals surface area contributed by atoms with E-state index in [2.05, 4.69) is 20.9 Å². The first-order valence-electron chi connectivity index (χ1n) is 5.90. The van der Waals surface area contributed by atoms with Crippen molar-refractivity contribution in [2.24, 2.45) is 5.73 Å². The van der Waals surface area contributed by atoms with Gasteiger partial charge in [0.05, 0.1) is 5.56 Å². The maximum Gasteiger partial charge on any atom is 0.230 e. The number of halogens is 3. The molecule has 7 heteroatoms. The molecule has 1 heterocycles. The van der Waals surface area contributed by atoms with Crippen molar-refractivity contribution in [2.45, 2.75) is 13.8 Å². The summed E-state index contributed by atoms with van der Waals surface area (Å²) >= 11 is 8.04. The highest BCUT2D eigenvalue weighted by molar-refractivity contribution is 9.10. The SMILES string of the molecule is Cc1cc(C)c(C(N)=S)c(Oc2cc(Br)cc(F)c2F)n1. The molecule has 0 amide bonds. The summed E-state index contributed by atoms with van der Waals surface area (Å²) in [6.07, 6.45) is 0. The lowest BCUT2D eigenvalue weighted by Crippen LogP contribution is -2.14. The van der Waals surface area contributed by atoms with E-state index in [1.807, 2.05) is 0 Å². The fraction of sp³-hybridized carbons (Fsp3) is 0.143. The molecule has 0 saturated heterocycles. The predicted octanol–water partition coefficient (Wildman–Crippen LogP) is 4.17. The van der Waals surface area contributed by atoms with Crippen LogP contribution in [-0.2, 0) is 0 Å². The molecule has 1 aromatic carbocycles. The van der Waals surface area contributed by atoms with E-state index >= 15 is 0 Å². The average molecular weight is 373 g/mol. The smallest absolute Gasteiger partial charge is 0.230 e. The second-order valence-electron chi connectivity index (χ2n) is 4.43. The molecule has 0 unspecified atom stereocenters. The average Bonchev–Trinajstić information content (AvgIpc) is 2.33. The van der Waals surface area contributed by atoms with Crippen molar-refractivity contribution in [1.29, 1.82) is 0 Å². The summed E-state index contributed by atoms with van der Waals surface area (Å²) in [4.78, 5) is 4.23. The first-order chi connectivity index (χ1) is 9.79. The van der Waals surface area contributed by atoms with Crippen LogP contribution in [0.3, 0.4) is 0 Å². The molecule has 2 aromatic rings. The molecular formula is C14H11BrF2N2OS. The van der Waals surface area contributed by atoms with Crippen LogP contribution >= 0.6 is 28.1 Å². The molecule has 0 aliphatic rings. The largest absolute Gasteiger partial charge is 0.435 e. The number of pyridine rings is 1. The number of hydrogen-bond acceptors (Lipinski definition) is 3. The van der Waals surface area contributed by atoms with E-state index in [1.165, 1.54) is 6.07 Å². The van der Waals surface area contributed by atoms with E-state index in [0.29, 0.717) is 15.7 Å². The highest BCUT2D eigenvalue weighted by atomic mass is 79.9. The number of hydrogen-bond donors (Lipinski definition) is 1. The molecule has 0 bridgehead atoms. The zero-order chi connectivity index (χ0) is 15.7. The van der Waals surface area contributed by atoms with Gasteiger partial charge in [0.25, 0.3) is 0 Å². The summed E-state index contributed by atoms with van der Waals surface area (Å²) in [7, 11) is 0. The van der Waals surface area contributed by atoms with Crippen molar-refractivity contribution in [3.8, 4) is 11.6 Å². The summed E-state index contributed by atoms with van der Waals surface area (Å²) in [6, 6.07) is 4.09. The molecule has 0 saturated carbocycles. The first-order valence-corrected chi connectivity index (χ1v) is 7.10. The Bertz CT molecular complexity index is 737. The molecule has 0 spiro atoms. The van der Waals surface area contributed by atoms with E-state index in [0.717, 1.165) is 11.6 Å². The number of thiocarbonyl (C=S) groups is 1. The molecule has 0 radical (unpaired) electrons. The molecule has 2 rings (SSSR count). The van der Waals surface area contributed by atoms with Crippen molar-refractivity contribution in [3.05, 3.63) is 51.1 Å². The number of aryl methyl sites for hydroxylation is 2. The lowest BCUT2D eigenvalue weighted by atomic mass is 10.1. The fourth-order valence-corrected chi connectivity index (χ4v) is 2.54. The third-order valence-corrected chi connectivity index (χ3v) is 3.39. The standard InChI is InChI=1S/C14H11BrF2N2OS/c1-6-3-7(2)19-14(11(6)13(18)21)20-10-5-8(15)4-9(16)12(10)17/h3-5H,1-2H3,(H2,18,21). The highest BCUT2D eigenvalue weighted by Crippen LogP contribution is 2.31. The summed E-state index contributed by atoms with van der Waals surface area (Å²) < 4.78 is 32.9. The van der Waals surface area contributed by atoms with Crippen LogP contribution in [0.1, 0.15) is 16.8 Å². The quantitative estimate of drug-likeness (QED) is 0.648. The molecular weight excluding hydrogens is 362 g/mol. The van der Waals surface area contributed by atoms with Crippen molar-refractivity contribution in [3.63, 3.8) is 0 Å². The monoisotopic (exact) mass is 372 g/mol. The number of rotatable bonds is 3. The third kappa shape index (κ3) is 3.36. The van der Waals surface area contributed by atoms with Gasteiger partial charge in [-0.15, -0.1) is 0 Å². The number of ether oxygens (including phenoxy) is 1. The maximum absolute atomic E-state index is 13.8. The molecule has 2 N–H and O–H groups in total. The van der Waals surface area contributed by atoms with Gasteiger partial charge in [-0.1, -0.05) is 28.1 Å². The van der Waals surface area contributed by atoms with Crippen molar-refractivity contribution >= 4 is 33.1 Å². The Kier molecular flexibility index (Phi) is 4.53. The zero-order valence-electron chi connectivity index (χ0n) is 11.2. The normalized spacial score (nSPS) is 10.5. The van der Waals surface area contributed by atoms with Crippen LogP contribution in [0, 0.1) is 25.5 Å². The third-order valence-electron chi connectivity index (χ3n) is 2.72. The number of benzene rings is 1. The van der Waals surface area contributed by atoms with Crippen LogP contribution in [0.5, 0.6) is 11.6 Å². The van der Waals surface area contributed by atoms with Crippen molar-refractivity contribution in [2.75, 3.05) is 0 Å². The Morgan fingerprint density at radius 1 is 1.29 bits per heavy atom. The summed E-state index contributed by atoms with van der Waals surface area (Å²) in [6.45, 7) is 3.54. The van der Waals surface area contributed by atoms with Gasteiger partial charge in [-0.3, -0.25) is 0 Å². The van der Waals surface area contributed by atoms with E-state index < -0.39 is 11.6 Å². The number of nitrogens with zero attached hydrogens (tertiary/aromatic N) is 1. The predicted molar refractivity (Wildman–Crippen MR) is 83.7 cm³/mol. The van der Waals surface area contributed by atoms with Crippen LogP contribution in [0.4, 0.5) is 8.78 Å². The van der Waals surface area contributed by atoms with Crippen LogP contribution in [0.15, 0.2) is 22.7 Å². The topological polar surface area (TPSA) is 48.1 Å². The first kappa shape index (κ1) is 15.8. The van der Waals surface area contributed by atoms with Crippen molar-refractivity contribution in [1.82, 2.24) is 4.98 Å². The summed E-state index contributed by atoms with van der Waals surface area (Å²) in [5, 5.41) is 0. The highest BCUT2D eigenvalue weighted by Gasteiger charge is 2.18. The second-order valence-corrected chi connectivity index (χ2v) is 5.78.